The molecule has 1 aromatic carbocycles. The molecular weight excluding hydrogens is 338 g/mol. The van der Waals surface area contributed by atoms with Crippen LogP contribution in [0.4, 0.5) is 17.2 Å². The van der Waals surface area contributed by atoms with Gasteiger partial charge in [-0.2, -0.15) is 10.1 Å². The number of rotatable bonds is 5. The molecule has 1 aliphatic carbocycles. The number of fused-ring (bicyclic) bond motifs is 1. The highest BCUT2D eigenvalue weighted by atomic mass is 15.4. The molecule has 3 heterocycles. The summed E-state index contributed by atoms with van der Waals surface area (Å²) < 4.78 is 0. The Labute approximate surface area is 158 Å². The number of aromatic nitrogens is 2. The topological polar surface area (TPSA) is 65.5 Å². The second-order valence-electron chi connectivity index (χ2n) is 7.37. The van der Waals surface area contributed by atoms with Crippen LogP contribution in [0, 0.1) is 0 Å². The summed E-state index contributed by atoms with van der Waals surface area (Å²) in [5.41, 5.74) is 3.54. The smallest absolute Gasteiger partial charge is 0.284 e. The Morgan fingerprint density at radius 3 is 2.78 bits per heavy atom. The molecule has 3 aliphatic rings. The number of hydrogen-bond acceptors (Lipinski definition) is 6. The Balaban J connectivity index is 1.42. The van der Waals surface area contributed by atoms with Gasteiger partial charge in [0.2, 0.25) is 0 Å². The van der Waals surface area contributed by atoms with Gasteiger partial charge in [0.1, 0.15) is 6.54 Å². The zero-order valence-electron chi connectivity index (χ0n) is 15.6. The molecule has 1 aromatic heterocycles. The maximum Gasteiger partial charge on any atom is 0.284 e. The van der Waals surface area contributed by atoms with Gasteiger partial charge >= 0.3 is 0 Å². The number of aromatic amines is 1. The Morgan fingerprint density at radius 2 is 2.04 bits per heavy atom. The van der Waals surface area contributed by atoms with Crippen molar-refractivity contribution in [2.45, 2.75) is 18.8 Å². The summed E-state index contributed by atoms with van der Waals surface area (Å²) in [5.74, 6) is 3.44. The minimum atomic E-state index is 0.656. The summed E-state index contributed by atoms with van der Waals surface area (Å²) in [6, 6.07) is 10.7. The predicted octanol–water partition coefficient (Wildman–Crippen LogP) is 3.11. The standard InChI is InChI=1S/C20H23N7/c1-25(2)15-5-7-16(8-6-15)26-12-19-21-9-10-27(19)20(13-26)22-18-11-17(23-24-18)14-3-4-14/h5-11,13-14H,3-4,12H2,1-2H3,(H2,22,23,24)/q+1. The van der Waals surface area contributed by atoms with E-state index in [1.54, 1.807) is 0 Å². The van der Waals surface area contributed by atoms with E-state index in [1.165, 1.54) is 24.2 Å². The average Bonchev–Trinajstić information content (AvgIpc) is 3.23. The van der Waals surface area contributed by atoms with Crippen molar-refractivity contribution in [1.29, 1.82) is 0 Å². The summed E-state index contributed by atoms with van der Waals surface area (Å²) in [5, 5.41) is 11.0. The lowest BCUT2D eigenvalue weighted by Crippen LogP contribution is -2.45. The Morgan fingerprint density at radius 1 is 1.22 bits per heavy atom. The maximum atomic E-state index is 4.52. The van der Waals surface area contributed by atoms with Crippen LogP contribution in [0.5, 0.6) is 0 Å². The second kappa shape index (κ2) is 6.28. The van der Waals surface area contributed by atoms with Crippen molar-refractivity contribution in [3.05, 3.63) is 60.4 Å². The molecule has 2 aromatic rings. The van der Waals surface area contributed by atoms with E-state index < -0.39 is 0 Å². The lowest BCUT2D eigenvalue weighted by Gasteiger charge is -2.25. The first-order valence-electron chi connectivity index (χ1n) is 9.28. The molecule has 1 fully saturated rings. The van der Waals surface area contributed by atoms with Crippen LogP contribution in [0.15, 0.2) is 59.7 Å². The molecule has 0 bridgehead atoms. The number of aliphatic imine (C=N–C) groups is 1. The third-order valence-electron chi connectivity index (χ3n) is 5.14. The number of amidine groups is 1. The number of nitrogens with zero attached hydrogens (tertiary/aromatic N) is 5. The average molecular weight is 361 g/mol. The molecule has 2 aliphatic heterocycles. The molecule has 2 N–H and O–H groups in total. The number of benzene rings is 1. The largest absolute Gasteiger partial charge is 0.378 e. The van der Waals surface area contributed by atoms with Gasteiger partial charge in [0.25, 0.3) is 11.7 Å². The van der Waals surface area contributed by atoms with Crippen LogP contribution in [0.2, 0.25) is 0 Å². The van der Waals surface area contributed by atoms with Gasteiger partial charge in [-0.05, 0) is 42.0 Å². The normalized spacial score (nSPS) is 19.0. The minimum Gasteiger partial charge on any atom is -0.378 e. The van der Waals surface area contributed by atoms with E-state index in [0.717, 1.165) is 29.7 Å². The first-order valence-corrected chi connectivity index (χ1v) is 9.28. The molecule has 5 rings (SSSR count). The summed E-state index contributed by atoms with van der Waals surface area (Å²) in [6.45, 7) is 0.730. The van der Waals surface area contributed by atoms with Gasteiger partial charge in [-0.1, -0.05) is 0 Å². The van der Waals surface area contributed by atoms with Crippen LogP contribution in [0.1, 0.15) is 24.5 Å². The van der Waals surface area contributed by atoms with Crippen LogP contribution in [-0.4, -0.2) is 36.7 Å². The third kappa shape index (κ3) is 3.10. The highest BCUT2D eigenvalue weighted by Crippen LogP contribution is 2.39. The molecule has 0 amide bonds. The predicted molar refractivity (Wildman–Crippen MR) is 109 cm³/mol. The summed E-state index contributed by atoms with van der Waals surface area (Å²) in [7, 11) is 4.10. The van der Waals surface area contributed by atoms with Crippen molar-refractivity contribution in [2.24, 2.45) is 4.99 Å². The fraction of sp³-hybridized carbons (Fsp3) is 0.300. The van der Waals surface area contributed by atoms with E-state index >= 15 is 0 Å². The van der Waals surface area contributed by atoms with Gasteiger partial charge in [0, 0.05) is 43.1 Å². The van der Waals surface area contributed by atoms with Crippen molar-refractivity contribution in [3.63, 3.8) is 0 Å². The van der Waals surface area contributed by atoms with Crippen LogP contribution in [0.25, 0.3) is 0 Å². The first-order chi connectivity index (χ1) is 13.2. The number of H-pyrrole nitrogens is 1. The zero-order chi connectivity index (χ0) is 18.4. The number of nitrogens with one attached hydrogen (secondary N) is 2. The van der Waals surface area contributed by atoms with E-state index in [2.05, 4.69) is 85.8 Å². The van der Waals surface area contributed by atoms with Crippen molar-refractivity contribution >= 4 is 23.0 Å². The summed E-state index contributed by atoms with van der Waals surface area (Å²) in [4.78, 5) is 10.9. The van der Waals surface area contributed by atoms with Crippen LogP contribution in [0.3, 0.4) is 0 Å². The molecule has 0 atom stereocenters. The lowest BCUT2D eigenvalue weighted by atomic mass is 10.2. The van der Waals surface area contributed by atoms with Gasteiger partial charge < -0.3 is 9.80 Å². The molecule has 27 heavy (non-hydrogen) atoms. The third-order valence-corrected chi connectivity index (χ3v) is 5.14. The fourth-order valence-electron chi connectivity index (χ4n) is 3.41. The Hall–Kier alpha value is -3.06. The van der Waals surface area contributed by atoms with Gasteiger partial charge in [0.15, 0.2) is 12.0 Å². The van der Waals surface area contributed by atoms with E-state index in [0.29, 0.717) is 5.92 Å². The summed E-state index contributed by atoms with van der Waals surface area (Å²) in [6.07, 6.45) is 8.45. The molecule has 7 heteroatoms. The van der Waals surface area contributed by atoms with Crippen molar-refractivity contribution < 1.29 is 0 Å². The first kappa shape index (κ1) is 16.1. The van der Waals surface area contributed by atoms with Gasteiger partial charge in [-0.15, -0.1) is 0 Å². The van der Waals surface area contributed by atoms with E-state index in [4.69, 9.17) is 0 Å². The van der Waals surface area contributed by atoms with Gasteiger partial charge in [0.05, 0.1) is 12.4 Å². The lowest BCUT2D eigenvalue weighted by molar-refractivity contribution is 0.814. The number of hydrogen-bond donors (Lipinski definition) is 2. The minimum absolute atomic E-state index is 0.656. The highest BCUT2D eigenvalue weighted by molar-refractivity contribution is 5.96. The molecule has 0 unspecified atom stereocenters. The quantitative estimate of drug-likeness (QED) is 0.803. The monoisotopic (exact) mass is 361 g/mol. The Kier molecular flexibility index (Phi) is 3.75. The fourth-order valence-corrected chi connectivity index (χ4v) is 3.41. The van der Waals surface area contributed by atoms with Crippen LogP contribution < -0.4 is 20.0 Å². The van der Waals surface area contributed by atoms with E-state index in [9.17, 15) is 0 Å². The van der Waals surface area contributed by atoms with Crippen LogP contribution in [-0.2, 0) is 0 Å². The summed E-state index contributed by atoms with van der Waals surface area (Å²) >= 11 is 0. The molecular formula is C20H23N7+. The molecule has 137 valence electrons. The van der Waals surface area contributed by atoms with E-state index in [1.807, 2.05) is 12.4 Å². The van der Waals surface area contributed by atoms with Crippen molar-refractivity contribution in [1.82, 2.24) is 15.1 Å². The molecule has 7 nitrogen and oxygen atoms in total. The van der Waals surface area contributed by atoms with Crippen molar-refractivity contribution in [2.75, 3.05) is 35.8 Å². The van der Waals surface area contributed by atoms with Gasteiger partial charge in [-0.3, -0.25) is 10.4 Å². The molecule has 1 saturated carbocycles. The second-order valence-corrected chi connectivity index (χ2v) is 7.37. The maximum absolute atomic E-state index is 4.52. The molecule has 1 radical (unpaired) electrons. The van der Waals surface area contributed by atoms with Crippen molar-refractivity contribution in [3.8, 4) is 0 Å². The number of anilines is 3. The van der Waals surface area contributed by atoms with E-state index in [-0.39, 0.29) is 0 Å². The highest BCUT2D eigenvalue weighted by Gasteiger charge is 2.37. The van der Waals surface area contributed by atoms with Crippen LogP contribution >= 0.6 is 0 Å². The molecule has 0 saturated heterocycles. The Bertz CT molecular complexity index is 931. The molecule has 0 spiro atoms. The van der Waals surface area contributed by atoms with Gasteiger partial charge in [-0.25, -0.2) is 0 Å². The SMILES string of the molecule is CN(C)c1ccc(N2C=C(Nc3cc(C4CC4)[nH]n3)[N+]3C=CN=C3C2)cc1. The zero-order valence-corrected chi connectivity index (χ0v) is 15.6.